The summed E-state index contributed by atoms with van der Waals surface area (Å²) in [6.07, 6.45) is 3.51. The molecule has 2 aromatic rings. The molecule has 1 aliphatic rings. The van der Waals surface area contributed by atoms with Gasteiger partial charge in [-0.2, -0.15) is 0 Å². The Morgan fingerprint density at radius 1 is 1.28 bits per heavy atom. The largest absolute Gasteiger partial charge is 0.342 e. The Morgan fingerprint density at radius 2 is 2.00 bits per heavy atom. The number of thiazole rings is 1. The predicted octanol–water partition coefficient (Wildman–Crippen LogP) is 2.65. The topological polar surface area (TPSA) is 79.4 Å². The molecule has 1 N–H and O–H groups in total. The number of likely N-dealkylation sites (tertiary alicyclic amines) is 1. The zero-order chi connectivity index (χ0) is 18.0. The van der Waals surface area contributed by atoms with Gasteiger partial charge in [0.1, 0.15) is 0 Å². The summed E-state index contributed by atoms with van der Waals surface area (Å²) in [6, 6.07) is 7.20. The normalized spacial score (nSPS) is 15.0. The number of carbonyl (C=O) groups is 1. The summed E-state index contributed by atoms with van der Waals surface area (Å²) in [7, 11) is -3.27. The molecule has 1 amide bonds. The molecule has 0 spiro atoms. The maximum absolute atomic E-state index is 11.7. The number of aromatic nitrogens is 1. The van der Waals surface area contributed by atoms with Crippen molar-refractivity contribution in [3.05, 3.63) is 34.2 Å². The van der Waals surface area contributed by atoms with Gasteiger partial charge in [0.2, 0.25) is 15.9 Å². The van der Waals surface area contributed by atoms with Crippen LogP contribution in [-0.2, 0) is 21.2 Å². The second-order valence-corrected chi connectivity index (χ2v) is 9.23. The van der Waals surface area contributed by atoms with E-state index in [1.54, 1.807) is 23.5 Å². The van der Waals surface area contributed by atoms with Crippen LogP contribution in [0.4, 0.5) is 5.69 Å². The van der Waals surface area contributed by atoms with Crippen molar-refractivity contribution < 1.29 is 13.2 Å². The van der Waals surface area contributed by atoms with Crippen molar-refractivity contribution in [2.45, 2.75) is 26.2 Å². The number of nitrogens with one attached hydrogen (secondary N) is 1. The van der Waals surface area contributed by atoms with Gasteiger partial charge < -0.3 is 4.90 Å². The fraction of sp³-hybridized carbons (Fsp3) is 0.412. The van der Waals surface area contributed by atoms with Crippen LogP contribution >= 0.6 is 11.3 Å². The third kappa shape index (κ3) is 4.58. The molecule has 2 heterocycles. The van der Waals surface area contributed by atoms with Gasteiger partial charge in [-0.1, -0.05) is 12.1 Å². The Labute approximate surface area is 151 Å². The first-order chi connectivity index (χ1) is 11.8. The minimum Gasteiger partial charge on any atom is -0.342 e. The number of aryl methyl sites for hydroxylation is 1. The van der Waals surface area contributed by atoms with Gasteiger partial charge in [0, 0.05) is 42.1 Å². The lowest BCUT2D eigenvalue weighted by Crippen LogP contribution is -2.26. The predicted molar refractivity (Wildman–Crippen MR) is 100 cm³/mol. The van der Waals surface area contributed by atoms with Crippen molar-refractivity contribution in [2.24, 2.45) is 0 Å². The number of hydrogen-bond acceptors (Lipinski definition) is 5. The van der Waals surface area contributed by atoms with E-state index in [0.717, 1.165) is 53.3 Å². The quantitative estimate of drug-likeness (QED) is 0.837. The van der Waals surface area contributed by atoms with Gasteiger partial charge >= 0.3 is 0 Å². The monoisotopic (exact) mass is 379 g/mol. The first-order valence-electron chi connectivity index (χ1n) is 8.14. The number of hydrogen-bond donors (Lipinski definition) is 1. The first kappa shape index (κ1) is 17.9. The minimum atomic E-state index is -3.27. The van der Waals surface area contributed by atoms with E-state index in [0.29, 0.717) is 12.1 Å². The molecule has 134 valence electrons. The lowest BCUT2D eigenvalue weighted by Gasteiger charge is -2.13. The molecule has 1 saturated heterocycles. The van der Waals surface area contributed by atoms with Gasteiger partial charge in [0.25, 0.3) is 0 Å². The molecule has 0 saturated carbocycles. The van der Waals surface area contributed by atoms with E-state index in [-0.39, 0.29) is 5.91 Å². The summed E-state index contributed by atoms with van der Waals surface area (Å²) >= 11 is 1.65. The van der Waals surface area contributed by atoms with Crippen LogP contribution in [0, 0.1) is 6.92 Å². The average molecular weight is 380 g/mol. The highest BCUT2D eigenvalue weighted by Crippen LogP contribution is 2.29. The molecule has 0 bridgehead atoms. The Balaban J connectivity index is 1.70. The lowest BCUT2D eigenvalue weighted by atomic mass is 10.1. The molecule has 0 aliphatic carbocycles. The van der Waals surface area contributed by atoms with Crippen LogP contribution in [0.15, 0.2) is 24.3 Å². The molecule has 1 aliphatic heterocycles. The number of rotatable bonds is 6. The van der Waals surface area contributed by atoms with Crippen LogP contribution in [0.3, 0.4) is 0 Å². The highest BCUT2D eigenvalue weighted by molar-refractivity contribution is 7.92. The maximum Gasteiger partial charge on any atom is 0.229 e. The number of anilines is 1. The van der Waals surface area contributed by atoms with Gasteiger partial charge in [-0.25, -0.2) is 13.4 Å². The highest BCUT2D eigenvalue weighted by atomic mass is 32.2. The lowest BCUT2D eigenvalue weighted by molar-refractivity contribution is -0.127. The fourth-order valence-corrected chi connectivity index (χ4v) is 4.42. The van der Waals surface area contributed by atoms with E-state index in [1.165, 1.54) is 0 Å². The Morgan fingerprint density at radius 3 is 2.60 bits per heavy atom. The summed E-state index contributed by atoms with van der Waals surface area (Å²) in [6.45, 7) is 3.60. The number of benzene rings is 1. The Kier molecular flexibility index (Phi) is 5.10. The maximum atomic E-state index is 11.7. The summed E-state index contributed by atoms with van der Waals surface area (Å²) in [4.78, 5) is 19.4. The molecule has 0 radical (unpaired) electrons. The van der Waals surface area contributed by atoms with Gasteiger partial charge in [-0.15, -0.1) is 11.3 Å². The number of nitrogens with zero attached hydrogens (tertiary/aromatic N) is 2. The van der Waals surface area contributed by atoms with E-state index in [9.17, 15) is 13.2 Å². The number of carbonyl (C=O) groups excluding carboxylic acids is 1. The zero-order valence-corrected chi connectivity index (χ0v) is 15.9. The second-order valence-electron chi connectivity index (χ2n) is 6.20. The molecule has 25 heavy (non-hydrogen) atoms. The Bertz CT molecular complexity index is 873. The van der Waals surface area contributed by atoms with Crippen LogP contribution < -0.4 is 4.72 Å². The first-order valence-corrected chi connectivity index (χ1v) is 10.8. The van der Waals surface area contributed by atoms with Crippen molar-refractivity contribution in [1.82, 2.24) is 9.88 Å². The van der Waals surface area contributed by atoms with Crippen LogP contribution in [0.25, 0.3) is 11.3 Å². The van der Waals surface area contributed by atoms with Crippen LogP contribution in [0.1, 0.15) is 22.7 Å². The summed E-state index contributed by atoms with van der Waals surface area (Å²) < 4.78 is 25.0. The minimum absolute atomic E-state index is 0.238. The van der Waals surface area contributed by atoms with Crippen molar-refractivity contribution in [3.63, 3.8) is 0 Å². The number of sulfonamides is 1. The van der Waals surface area contributed by atoms with E-state index < -0.39 is 10.0 Å². The molecule has 1 fully saturated rings. The molecular weight excluding hydrogens is 358 g/mol. The molecule has 8 heteroatoms. The standard InChI is InChI=1S/C17H21N3O3S2/c1-12-17(13-5-7-14(8-6-13)19-25(2,22)23)18-15(24-12)9-11-20-10-3-4-16(20)21/h5-8,19H,3-4,9-11H2,1-2H3. The van der Waals surface area contributed by atoms with Crippen LogP contribution in [0.2, 0.25) is 0 Å². The van der Waals surface area contributed by atoms with Crippen LogP contribution in [-0.4, -0.2) is 43.6 Å². The molecule has 1 aromatic heterocycles. The van der Waals surface area contributed by atoms with Crippen molar-refractivity contribution >= 4 is 33.0 Å². The summed E-state index contributed by atoms with van der Waals surface area (Å²) in [5.41, 5.74) is 2.40. The number of amides is 1. The third-order valence-electron chi connectivity index (χ3n) is 4.07. The Hall–Kier alpha value is -1.93. The molecule has 0 unspecified atom stereocenters. The van der Waals surface area contributed by atoms with E-state index >= 15 is 0 Å². The zero-order valence-electron chi connectivity index (χ0n) is 14.3. The molecular formula is C17H21N3O3S2. The average Bonchev–Trinajstić information content (AvgIpc) is 3.10. The van der Waals surface area contributed by atoms with Crippen molar-refractivity contribution in [1.29, 1.82) is 0 Å². The SMILES string of the molecule is Cc1sc(CCN2CCCC2=O)nc1-c1ccc(NS(C)(=O)=O)cc1. The molecule has 0 atom stereocenters. The molecule has 3 rings (SSSR count). The van der Waals surface area contributed by atoms with E-state index in [1.807, 2.05) is 24.0 Å². The van der Waals surface area contributed by atoms with Crippen LogP contribution in [0.5, 0.6) is 0 Å². The van der Waals surface area contributed by atoms with Crippen molar-refractivity contribution in [3.8, 4) is 11.3 Å². The third-order valence-corrected chi connectivity index (χ3v) is 5.71. The van der Waals surface area contributed by atoms with Crippen molar-refractivity contribution in [2.75, 3.05) is 24.1 Å². The van der Waals surface area contributed by atoms with Gasteiger partial charge in [-0.3, -0.25) is 9.52 Å². The van der Waals surface area contributed by atoms with Gasteiger partial charge in [-0.05, 0) is 25.5 Å². The van der Waals surface area contributed by atoms with E-state index in [2.05, 4.69) is 4.72 Å². The molecule has 1 aromatic carbocycles. The molecule has 6 nitrogen and oxygen atoms in total. The highest BCUT2D eigenvalue weighted by Gasteiger charge is 2.20. The smallest absolute Gasteiger partial charge is 0.229 e. The summed E-state index contributed by atoms with van der Waals surface area (Å²) in [5.74, 6) is 0.238. The fourth-order valence-electron chi connectivity index (χ4n) is 2.91. The summed E-state index contributed by atoms with van der Waals surface area (Å²) in [5, 5.41) is 1.02. The van der Waals surface area contributed by atoms with E-state index in [4.69, 9.17) is 4.98 Å². The van der Waals surface area contributed by atoms with Gasteiger partial charge in [0.15, 0.2) is 0 Å². The van der Waals surface area contributed by atoms with Gasteiger partial charge in [0.05, 0.1) is 17.0 Å². The second kappa shape index (κ2) is 7.13.